The van der Waals surface area contributed by atoms with Gasteiger partial charge in [0.25, 0.3) is 0 Å². The van der Waals surface area contributed by atoms with Crippen LogP contribution in [0.2, 0.25) is 0 Å². The van der Waals surface area contributed by atoms with Gasteiger partial charge in [0, 0.05) is 19.6 Å². The lowest BCUT2D eigenvalue weighted by Gasteiger charge is -2.33. The number of aliphatic carboxylic acids is 1. The van der Waals surface area contributed by atoms with Crippen LogP contribution in [0.1, 0.15) is 11.5 Å². The van der Waals surface area contributed by atoms with Crippen LogP contribution >= 0.6 is 0 Å². The normalized spacial score (nSPS) is 22.1. The zero-order chi connectivity index (χ0) is 13.7. The van der Waals surface area contributed by atoms with Gasteiger partial charge in [0.15, 0.2) is 0 Å². The summed E-state index contributed by atoms with van der Waals surface area (Å²) in [6, 6.07) is 9.24. The van der Waals surface area contributed by atoms with E-state index < -0.39 is 11.9 Å². The fraction of sp³-hybridized carbons (Fsp3) is 0.500. The minimum atomic E-state index is -0.821. The third-order valence-electron chi connectivity index (χ3n) is 3.37. The van der Waals surface area contributed by atoms with E-state index in [0.717, 1.165) is 5.56 Å². The van der Waals surface area contributed by atoms with E-state index in [1.807, 2.05) is 35.2 Å². The minimum absolute atomic E-state index is 0.0282. The van der Waals surface area contributed by atoms with Crippen molar-refractivity contribution in [2.45, 2.75) is 12.0 Å². The van der Waals surface area contributed by atoms with Gasteiger partial charge in [-0.05, 0) is 5.56 Å². The smallest absolute Gasteiger partial charge is 0.312 e. The van der Waals surface area contributed by atoms with Crippen molar-refractivity contribution in [2.24, 2.45) is 0 Å². The number of hydrogen-bond acceptors (Lipinski definition) is 4. The molecule has 2 rings (SSSR count). The Morgan fingerprint density at radius 2 is 2.16 bits per heavy atom. The second-order valence-corrected chi connectivity index (χ2v) is 4.74. The Hall–Kier alpha value is -1.43. The highest BCUT2D eigenvalue weighted by Crippen LogP contribution is 2.18. The first-order chi connectivity index (χ1) is 9.20. The molecule has 5 heteroatoms. The zero-order valence-corrected chi connectivity index (χ0v) is 10.7. The summed E-state index contributed by atoms with van der Waals surface area (Å²) in [6.07, 6.45) is -0.209. The summed E-state index contributed by atoms with van der Waals surface area (Å²) in [6.45, 7) is 2.23. The van der Waals surface area contributed by atoms with Crippen molar-refractivity contribution in [1.82, 2.24) is 4.90 Å². The van der Waals surface area contributed by atoms with Crippen LogP contribution < -0.4 is 0 Å². The van der Waals surface area contributed by atoms with Gasteiger partial charge in [0.1, 0.15) is 0 Å². The van der Waals surface area contributed by atoms with E-state index in [9.17, 15) is 9.90 Å². The first-order valence-electron chi connectivity index (χ1n) is 6.43. The maximum Gasteiger partial charge on any atom is 0.312 e. The number of nitrogens with zero attached hydrogens (tertiary/aromatic N) is 1. The van der Waals surface area contributed by atoms with Crippen molar-refractivity contribution in [3.8, 4) is 0 Å². The first-order valence-corrected chi connectivity index (χ1v) is 6.43. The van der Waals surface area contributed by atoms with Gasteiger partial charge >= 0.3 is 5.97 Å². The topological polar surface area (TPSA) is 70.0 Å². The molecule has 5 nitrogen and oxygen atoms in total. The second kappa shape index (κ2) is 6.65. The summed E-state index contributed by atoms with van der Waals surface area (Å²) in [5, 5.41) is 18.5. The highest BCUT2D eigenvalue weighted by Gasteiger charge is 2.26. The predicted molar refractivity (Wildman–Crippen MR) is 70.1 cm³/mol. The van der Waals surface area contributed by atoms with E-state index >= 15 is 0 Å². The highest BCUT2D eigenvalue weighted by molar-refractivity contribution is 5.76. The monoisotopic (exact) mass is 265 g/mol. The Kier molecular flexibility index (Phi) is 4.90. The molecule has 2 N–H and O–H groups in total. The molecular weight excluding hydrogens is 246 g/mol. The lowest BCUT2D eigenvalue weighted by Crippen LogP contribution is -2.46. The van der Waals surface area contributed by atoms with Gasteiger partial charge in [-0.1, -0.05) is 30.3 Å². The molecule has 1 aliphatic rings. The molecule has 1 aliphatic heterocycles. The molecule has 104 valence electrons. The van der Waals surface area contributed by atoms with Gasteiger partial charge in [-0.25, -0.2) is 0 Å². The van der Waals surface area contributed by atoms with Crippen LogP contribution in [0, 0.1) is 0 Å². The quantitative estimate of drug-likeness (QED) is 0.813. The predicted octanol–water partition coefficient (Wildman–Crippen LogP) is 0.548. The van der Waals surface area contributed by atoms with E-state index in [4.69, 9.17) is 9.84 Å². The molecular formula is C14H19NO4. The van der Waals surface area contributed by atoms with Gasteiger partial charge in [0.2, 0.25) is 0 Å². The number of carboxylic acids is 1. The van der Waals surface area contributed by atoms with Crippen molar-refractivity contribution in [3.05, 3.63) is 35.9 Å². The van der Waals surface area contributed by atoms with Crippen LogP contribution in [-0.2, 0) is 9.53 Å². The summed E-state index contributed by atoms with van der Waals surface area (Å²) in [7, 11) is 0. The van der Waals surface area contributed by atoms with Crippen molar-refractivity contribution in [2.75, 3.05) is 32.8 Å². The zero-order valence-electron chi connectivity index (χ0n) is 10.7. The molecule has 2 atom stereocenters. The molecule has 0 aliphatic carbocycles. The maximum absolute atomic E-state index is 11.4. The molecule has 0 amide bonds. The lowest BCUT2D eigenvalue weighted by atomic mass is 9.98. The number of morpholine rings is 1. The van der Waals surface area contributed by atoms with Crippen molar-refractivity contribution >= 4 is 5.97 Å². The van der Waals surface area contributed by atoms with Gasteiger partial charge in [-0.3, -0.25) is 9.69 Å². The second-order valence-electron chi connectivity index (χ2n) is 4.74. The van der Waals surface area contributed by atoms with Crippen LogP contribution in [0.5, 0.6) is 0 Å². The number of aliphatic hydroxyl groups is 1. The first kappa shape index (κ1) is 14.0. The molecule has 0 aromatic heterocycles. The highest BCUT2D eigenvalue weighted by atomic mass is 16.5. The van der Waals surface area contributed by atoms with Gasteiger partial charge in [-0.2, -0.15) is 0 Å². The van der Waals surface area contributed by atoms with Gasteiger partial charge in [0.05, 0.1) is 25.2 Å². The van der Waals surface area contributed by atoms with Crippen molar-refractivity contribution in [1.29, 1.82) is 0 Å². The number of carboxylic acid groups (broad SMARTS) is 1. The van der Waals surface area contributed by atoms with E-state index in [1.165, 1.54) is 0 Å². The Balaban J connectivity index is 2.03. The van der Waals surface area contributed by atoms with Crippen molar-refractivity contribution < 1.29 is 19.7 Å². The number of hydrogen-bond donors (Lipinski definition) is 2. The minimum Gasteiger partial charge on any atom is -0.481 e. The Morgan fingerprint density at radius 3 is 2.79 bits per heavy atom. The molecule has 1 aromatic rings. The third kappa shape index (κ3) is 3.76. The number of rotatable bonds is 5. The Bertz CT molecular complexity index is 409. The summed E-state index contributed by atoms with van der Waals surface area (Å²) in [4.78, 5) is 13.5. The van der Waals surface area contributed by atoms with Crippen molar-refractivity contribution in [3.63, 3.8) is 0 Å². The number of ether oxygens (including phenoxy) is 1. The fourth-order valence-electron chi connectivity index (χ4n) is 2.33. The molecule has 1 saturated heterocycles. The Labute approximate surface area is 112 Å². The van der Waals surface area contributed by atoms with Crippen LogP contribution in [-0.4, -0.2) is 60.0 Å². The number of aliphatic hydroxyl groups excluding tert-OH is 1. The van der Waals surface area contributed by atoms with Gasteiger partial charge < -0.3 is 14.9 Å². The molecule has 1 heterocycles. The molecule has 0 saturated carbocycles. The molecule has 2 unspecified atom stereocenters. The molecule has 0 radical (unpaired) electrons. The summed E-state index contributed by atoms with van der Waals surface area (Å²) < 4.78 is 5.37. The largest absolute Gasteiger partial charge is 0.481 e. The van der Waals surface area contributed by atoms with Crippen LogP contribution in [0.4, 0.5) is 0 Å². The summed E-state index contributed by atoms with van der Waals surface area (Å²) in [5.41, 5.74) is 0.807. The number of benzene rings is 1. The van der Waals surface area contributed by atoms with E-state index in [-0.39, 0.29) is 12.7 Å². The van der Waals surface area contributed by atoms with Crippen LogP contribution in [0.15, 0.2) is 30.3 Å². The van der Waals surface area contributed by atoms with Crippen LogP contribution in [0.3, 0.4) is 0 Å². The van der Waals surface area contributed by atoms with Gasteiger partial charge in [-0.15, -0.1) is 0 Å². The van der Waals surface area contributed by atoms with E-state index in [0.29, 0.717) is 26.2 Å². The standard InChI is InChI=1S/C14H19NO4/c16-10-12-8-15(6-7-19-12)9-13(14(17)18)11-4-2-1-3-5-11/h1-5,12-13,16H,6-10H2,(H,17,18). The average Bonchev–Trinajstić information content (AvgIpc) is 2.45. The summed E-state index contributed by atoms with van der Waals surface area (Å²) in [5.74, 6) is -1.36. The van der Waals surface area contributed by atoms with E-state index in [2.05, 4.69) is 0 Å². The third-order valence-corrected chi connectivity index (χ3v) is 3.37. The van der Waals surface area contributed by atoms with E-state index in [1.54, 1.807) is 0 Å². The lowest BCUT2D eigenvalue weighted by molar-refractivity contribution is -0.140. The summed E-state index contributed by atoms with van der Waals surface area (Å²) >= 11 is 0. The fourth-order valence-corrected chi connectivity index (χ4v) is 2.33. The van der Waals surface area contributed by atoms with Crippen LogP contribution in [0.25, 0.3) is 0 Å². The average molecular weight is 265 g/mol. The number of carbonyl (C=O) groups is 1. The molecule has 1 aromatic carbocycles. The Morgan fingerprint density at radius 1 is 1.42 bits per heavy atom. The molecule has 0 bridgehead atoms. The SMILES string of the molecule is O=C(O)C(CN1CCOC(CO)C1)c1ccccc1. The maximum atomic E-state index is 11.4. The molecule has 19 heavy (non-hydrogen) atoms. The molecule has 0 spiro atoms. The molecule has 1 fully saturated rings.